The minimum absolute atomic E-state index is 0.0197. The van der Waals surface area contributed by atoms with Gasteiger partial charge in [-0.3, -0.25) is 14.4 Å². The Morgan fingerprint density at radius 1 is 0.773 bits per heavy atom. The summed E-state index contributed by atoms with van der Waals surface area (Å²) in [4.78, 5) is 35.3. The highest BCUT2D eigenvalue weighted by molar-refractivity contribution is 5.74. The number of nitrogens with one attached hydrogen (secondary N) is 3. The van der Waals surface area contributed by atoms with Crippen LogP contribution in [0.5, 0.6) is 0 Å². The molecule has 0 bridgehead atoms. The second kappa shape index (κ2) is 17.6. The molecule has 0 aromatic rings. The molecule has 44 heavy (non-hydrogen) atoms. The zero-order chi connectivity index (χ0) is 33.3. The molecule has 11 N–H and O–H groups in total. The van der Waals surface area contributed by atoms with Gasteiger partial charge < -0.3 is 75.8 Å². The van der Waals surface area contributed by atoms with E-state index in [1.807, 2.05) is 0 Å². The number of hydrogen-bond donors (Lipinski definition) is 11. The summed E-state index contributed by atoms with van der Waals surface area (Å²) < 4.78 is 22.5. The van der Waals surface area contributed by atoms with Gasteiger partial charge >= 0.3 is 0 Å². The van der Waals surface area contributed by atoms with E-state index >= 15 is 0 Å². The molecule has 0 saturated carbocycles. The van der Waals surface area contributed by atoms with Gasteiger partial charge in [0.2, 0.25) is 17.7 Å². The number of aliphatic hydroxyl groups is 8. The van der Waals surface area contributed by atoms with E-state index in [4.69, 9.17) is 18.9 Å². The highest BCUT2D eigenvalue weighted by Gasteiger charge is 2.47. The molecule has 0 aromatic heterocycles. The summed E-state index contributed by atoms with van der Waals surface area (Å²) in [6.07, 6.45) is -15.0. The summed E-state index contributed by atoms with van der Waals surface area (Å²) in [5.74, 6) is -1.69. The van der Waals surface area contributed by atoms with Crippen LogP contribution in [0.4, 0.5) is 0 Å². The Kier molecular flexibility index (Phi) is 15.2. The van der Waals surface area contributed by atoms with Gasteiger partial charge in [0.05, 0.1) is 44.2 Å². The van der Waals surface area contributed by atoms with Gasteiger partial charge in [-0.15, -0.1) is 0 Å². The van der Waals surface area contributed by atoms with Crippen LogP contribution in [0, 0.1) is 0 Å². The lowest BCUT2D eigenvalue weighted by molar-refractivity contribution is -0.276. The molecule has 256 valence electrons. The SMILES string of the molecule is CC(=O)NC1C(CCC(OC(O)[C@H](COC2OC(CO)C(O)C(O)C2NC(C)=O)NC(C)=O)[C@@H](C)O)OC(CO)C(O)C1O. The van der Waals surface area contributed by atoms with Crippen molar-refractivity contribution in [3.8, 4) is 0 Å². The van der Waals surface area contributed by atoms with Crippen LogP contribution in [-0.4, -0.2) is 164 Å². The molecule has 0 radical (unpaired) electrons. The Morgan fingerprint density at radius 2 is 1.30 bits per heavy atom. The van der Waals surface area contributed by atoms with Gasteiger partial charge in [0, 0.05) is 20.8 Å². The number of hydrogen-bond acceptors (Lipinski definition) is 15. The molecule has 18 heteroatoms. The molecule has 0 aliphatic carbocycles. The molecule has 3 amide bonds. The van der Waals surface area contributed by atoms with Gasteiger partial charge in [-0.25, -0.2) is 0 Å². The maximum absolute atomic E-state index is 11.9. The van der Waals surface area contributed by atoms with Crippen LogP contribution in [0.1, 0.15) is 40.5 Å². The van der Waals surface area contributed by atoms with Crippen molar-refractivity contribution in [1.29, 1.82) is 0 Å². The predicted octanol–water partition coefficient (Wildman–Crippen LogP) is -5.70. The predicted molar refractivity (Wildman–Crippen MR) is 146 cm³/mol. The van der Waals surface area contributed by atoms with Gasteiger partial charge in [-0.05, 0) is 19.8 Å². The third kappa shape index (κ3) is 10.5. The summed E-state index contributed by atoms with van der Waals surface area (Å²) in [5.41, 5.74) is 0. The lowest BCUT2D eigenvalue weighted by Crippen LogP contribution is -2.65. The lowest BCUT2D eigenvalue weighted by Gasteiger charge is -2.43. The van der Waals surface area contributed by atoms with Gasteiger partial charge in [-0.2, -0.15) is 0 Å². The van der Waals surface area contributed by atoms with E-state index in [1.165, 1.54) is 13.8 Å². The molecule has 12 unspecified atom stereocenters. The largest absolute Gasteiger partial charge is 0.394 e. The van der Waals surface area contributed by atoms with Crippen LogP contribution in [0.15, 0.2) is 0 Å². The average Bonchev–Trinajstić information content (AvgIpc) is 2.94. The third-order valence-electron chi connectivity index (χ3n) is 7.41. The van der Waals surface area contributed by atoms with Crippen LogP contribution in [0.25, 0.3) is 0 Å². The van der Waals surface area contributed by atoms with Crippen molar-refractivity contribution < 1.29 is 74.2 Å². The molecule has 2 fully saturated rings. The van der Waals surface area contributed by atoms with Crippen LogP contribution in [-0.2, 0) is 33.3 Å². The molecule has 2 aliphatic rings. The van der Waals surface area contributed by atoms with E-state index in [9.17, 15) is 55.2 Å². The first-order valence-corrected chi connectivity index (χ1v) is 14.3. The molecule has 0 aromatic carbocycles. The molecule has 2 aliphatic heterocycles. The van der Waals surface area contributed by atoms with Gasteiger partial charge in [-0.1, -0.05) is 0 Å². The second-order valence-electron chi connectivity index (χ2n) is 11.1. The first-order chi connectivity index (χ1) is 20.6. The number of rotatable bonds is 15. The Morgan fingerprint density at radius 3 is 1.80 bits per heavy atom. The number of ether oxygens (including phenoxy) is 4. The molecule has 0 spiro atoms. The smallest absolute Gasteiger partial charge is 0.217 e. The number of carbonyl (C=O) groups is 3. The van der Waals surface area contributed by atoms with Crippen molar-refractivity contribution in [2.45, 2.75) is 126 Å². The Balaban J connectivity index is 2.14. The minimum atomic E-state index is -1.80. The van der Waals surface area contributed by atoms with Crippen molar-refractivity contribution in [3.63, 3.8) is 0 Å². The van der Waals surface area contributed by atoms with Crippen molar-refractivity contribution >= 4 is 17.7 Å². The monoisotopic (exact) mass is 641 g/mol. The first kappa shape index (κ1) is 38.1. The van der Waals surface area contributed by atoms with Gasteiger partial charge in [0.25, 0.3) is 0 Å². The highest BCUT2D eigenvalue weighted by atomic mass is 16.7. The zero-order valence-electron chi connectivity index (χ0n) is 25.1. The maximum Gasteiger partial charge on any atom is 0.217 e. The molecular formula is C26H47N3O15. The molecule has 18 nitrogen and oxygen atoms in total. The fourth-order valence-corrected chi connectivity index (χ4v) is 5.15. The summed E-state index contributed by atoms with van der Waals surface area (Å²) in [6.45, 7) is 3.07. The number of aliphatic hydroxyl groups excluding tert-OH is 8. The lowest BCUT2D eigenvalue weighted by atomic mass is 9.89. The van der Waals surface area contributed by atoms with E-state index in [1.54, 1.807) is 0 Å². The fraction of sp³-hybridized carbons (Fsp3) is 0.885. The molecule has 2 saturated heterocycles. The molecular weight excluding hydrogens is 594 g/mol. The highest BCUT2D eigenvalue weighted by Crippen LogP contribution is 2.27. The number of carbonyl (C=O) groups excluding carboxylic acids is 3. The standard InChI is InChI=1S/C26H47N3O15/c1-10(32)15(5-6-16-19(28-12(3)34)23(38)21(36)17(7-30)42-16)43-25(40)14(27-11(2)33)9-41-26-20(29-13(4)35)24(39)22(37)18(8-31)44-26/h10,14-26,30-32,36-40H,5-9H2,1-4H3,(H,27,33)(H,28,34)(H,29,35)/t10-,14+,15?,16?,17?,18?,19?,20?,21?,22?,23?,24?,25?,26?/m1/s1. The zero-order valence-corrected chi connectivity index (χ0v) is 25.1. The van der Waals surface area contributed by atoms with Crippen LogP contribution in [0.3, 0.4) is 0 Å². The van der Waals surface area contributed by atoms with E-state index in [0.29, 0.717) is 0 Å². The minimum Gasteiger partial charge on any atom is -0.394 e. The normalized spacial score (nSPS) is 35.2. The number of amides is 3. The quantitative estimate of drug-likeness (QED) is 0.0743. The average molecular weight is 642 g/mol. The van der Waals surface area contributed by atoms with Crippen LogP contribution >= 0.6 is 0 Å². The summed E-state index contributed by atoms with van der Waals surface area (Å²) in [5, 5.41) is 89.1. The van der Waals surface area contributed by atoms with Crippen LogP contribution in [0.2, 0.25) is 0 Å². The summed E-state index contributed by atoms with van der Waals surface area (Å²) >= 11 is 0. The second-order valence-corrected chi connectivity index (χ2v) is 11.1. The van der Waals surface area contributed by atoms with Crippen molar-refractivity contribution in [2.24, 2.45) is 0 Å². The van der Waals surface area contributed by atoms with Crippen LogP contribution < -0.4 is 16.0 Å². The topological polar surface area (TPSA) is 286 Å². The first-order valence-electron chi connectivity index (χ1n) is 14.3. The van der Waals surface area contributed by atoms with E-state index in [0.717, 1.165) is 13.8 Å². The van der Waals surface area contributed by atoms with E-state index in [2.05, 4.69) is 16.0 Å². The van der Waals surface area contributed by atoms with E-state index < -0.39 is 123 Å². The molecule has 14 atom stereocenters. The van der Waals surface area contributed by atoms with Crippen molar-refractivity contribution in [1.82, 2.24) is 16.0 Å². The third-order valence-corrected chi connectivity index (χ3v) is 7.41. The maximum atomic E-state index is 11.9. The summed E-state index contributed by atoms with van der Waals surface area (Å²) in [7, 11) is 0. The van der Waals surface area contributed by atoms with Crippen molar-refractivity contribution in [2.75, 3.05) is 19.8 Å². The summed E-state index contributed by atoms with van der Waals surface area (Å²) in [6, 6.07) is -3.63. The Hall–Kier alpha value is -2.07. The fourth-order valence-electron chi connectivity index (χ4n) is 5.15. The van der Waals surface area contributed by atoms with Crippen molar-refractivity contribution in [3.05, 3.63) is 0 Å². The Labute approximate surface area is 254 Å². The molecule has 2 heterocycles. The van der Waals surface area contributed by atoms with Gasteiger partial charge in [0.15, 0.2) is 12.6 Å². The van der Waals surface area contributed by atoms with Gasteiger partial charge in [0.1, 0.15) is 48.7 Å². The Bertz CT molecular complexity index is 929. The van der Waals surface area contributed by atoms with E-state index in [-0.39, 0.29) is 12.8 Å². The molecule has 2 rings (SSSR count).